The Balaban J connectivity index is 1.92. The highest BCUT2D eigenvalue weighted by Gasteiger charge is 2.17. The number of pyridine rings is 2. The second-order valence-corrected chi connectivity index (χ2v) is 6.80. The fraction of sp³-hybridized carbons (Fsp3) is 0.0500. The predicted octanol–water partition coefficient (Wildman–Crippen LogP) is 4.38. The summed E-state index contributed by atoms with van der Waals surface area (Å²) < 4.78 is 2.03. The lowest BCUT2D eigenvalue weighted by atomic mass is 10.2. The minimum atomic E-state index is 0.661. The van der Waals surface area contributed by atoms with Crippen LogP contribution in [0.15, 0.2) is 66.6 Å². The van der Waals surface area contributed by atoms with E-state index in [0.717, 1.165) is 37.9 Å². The van der Waals surface area contributed by atoms with E-state index in [9.17, 15) is 0 Å². The molecule has 132 valence electrons. The van der Waals surface area contributed by atoms with E-state index in [4.69, 9.17) is 4.98 Å². The summed E-state index contributed by atoms with van der Waals surface area (Å²) in [4.78, 5) is 13.1. The minimum absolute atomic E-state index is 0.661. The Labute approximate surface area is 160 Å². The molecule has 0 radical (unpaired) electrons. The number of aromatic nitrogens is 5. The molecule has 0 bridgehead atoms. The van der Waals surface area contributed by atoms with Gasteiger partial charge in [0.15, 0.2) is 5.01 Å². The number of aryl methyl sites for hydroxylation is 1. The Morgan fingerprint density at radius 3 is 2.85 bits per heavy atom. The van der Waals surface area contributed by atoms with Gasteiger partial charge in [-0.05, 0) is 37.1 Å². The van der Waals surface area contributed by atoms with Crippen LogP contribution in [0, 0.1) is 0 Å². The maximum atomic E-state index is 4.82. The summed E-state index contributed by atoms with van der Waals surface area (Å²) in [6.45, 7) is 7.38. The molecule has 0 aliphatic carbocycles. The van der Waals surface area contributed by atoms with Crippen LogP contribution < -0.4 is 0 Å². The number of rotatable bonds is 5. The highest BCUT2D eigenvalue weighted by Crippen LogP contribution is 2.34. The second kappa shape index (κ2) is 7.05. The van der Waals surface area contributed by atoms with E-state index in [1.54, 1.807) is 24.5 Å². The molecular weight excluding hydrogens is 356 g/mol. The monoisotopic (exact) mass is 372 g/mol. The summed E-state index contributed by atoms with van der Waals surface area (Å²) in [6, 6.07) is 7.88. The van der Waals surface area contributed by atoms with Gasteiger partial charge in [-0.15, -0.1) is 10.2 Å². The van der Waals surface area contributed by atoms with Crippen LogP contribution >= 0.6 is 11.3 Å². The number of hydrogen-bond acceptors (Lipinski definition) is 6. The van der Waals surface area contributed by atoms with Crippen molar-refractivity contribution in [3.8, 4) is 21.3 Å². The van der Waals surface area contributed by atoms with Crippen LogP contribution in [0.5, 0.6) is 0 Å². The zero-order valence-electron chi connectivity index (χ0n) is 14.7. The third-order valence-corrected chi connectivity index (χ3v) is 5.08. The summed E-state index contributed by atoms with van der Waals surface area (Å²) in [5.41, 5.74) is 4.07. The molecule has 0 aromatic carbocycles. The normalized spacial score (nSPS) is 11.7. The zero-order chi connectivity index (χ0) is 18.8. The van der Waals surface area contributed by atoms with Crippen molar-refractivity contribution >= 4 is 34.7 Å². The SMILES string of the molecule is C=C/C=C(\N=C)c1cc2ccn(C)c2c(-c2nnc(-c3cccnc3)s2)n1. The van der Waals surface area contributed by atoms with Gasteiger partial charge < -0.3 is 4.57 Å². The largest absolute Gasteiger partial charge is 0.349 e. The molecule has 0 aliphatic heterocycles. The van der Waals surface area contributed by atoms with Gasteiger partial charge in [0.25, 0.3) is 0 Å². The Morgan fingerprint density at radius 2 is 2.11 bits per heavy atom. The summed E-state index contributed by atoms with van der Waals surface area (Å²) >= 11 is 1.48. The maximum absolute atomic E-state index is 4.82. The molecule has 4 rings (SSSR count). The molecule has 0 atom stereocenters. The van der Waals surface area contributed by atoms with Gasteiger partial charge in [-0.1, -0.05) is 24.0 Å². The number of aliphatic imine (C=N–C) groups is 1. The van der Waals surface area contributed by atoms with Crippen LogP contribution in [0.25, 0.3) is 37.9 Å². The lowest BCUT2D eigenvalue weighted by molar-refractivity contribution is 0.964. The van der Waals surface area contributed by atoms with E-state index < -0.39 is 0 Å². The number of allylic oxidation sites excluding steroid dienone is 2. The van der Waals surface area contributed by atoms with E-state index in [1.807, 2.05) is 42.1 Å². The van der Waals surface area contributed by atoms with Gasteiger partial charge in [0.1, 0.15) is 10.7 Å². The third-order valence-electron chi connectivity index (χ3n) is 4.10. The molecule has 7 heteroatoms. The molecular formula is C20H16N6S. The lowest BCUT2D eigenvalue weighted by Gasteiger charge is -2.07. The first-order valence-corrected chi connectivity index (χ1v) is 9.03. The van der Waals surface area contributed by atoms with Gasteiger partial charge in [-0.2, -0.15) is 0 Å². The molecule has 27 heavy (non-hydrogen) atoms. The van der Waals surface area contributed by atoms with Gasteiger partial charge in [0, 0.05) is 36.6 Å². The molecule has 0 N–H and O–H groups in total. The molecule has 0 unspecified atom stereocenters. The van der Waals surface area contributed by atoms with Crippen LogP contribution in [-0.2, 0) is 7.05 Å². The Bertz CT molecular complexity index is 1170. The van der Waals surface area contributed by atoms with Crippen molar-refractivity contribution in [2.24, 2.45) is 12.0 Å². The molecule has 4 aromatic rings. The molecule has 4 heterocycles. The molecule has 4 aromatic heterocycles. The van der Waals surface area contributed by atoms with E-state index >= 15 is 0 Å². The Morgan fingerprint density at radius 1 is 1.26 bits per heavy atom. The van der Waals surface area contributed by atoms with Gasteiger partial charge in [0.2, 0.25) is 0 Å². The van der Waals surface area contributed by atoms with Crippen molar-refractivity contribution in [2.75, 3.05) is 0 Å². The van der Waals surface area contributed by atoms with Crippen molar-refractivity contribution in [2.45, 2.75) is 0 Å². The zero-order valence-corrected chi connectivity index (χ0v) is 15.5. The van der Waals surface area contributed by atoms with Crippen LogP contribution in [0.3, 0.4) is 0 Å². The topological polar surface area (TPSA) is 68.8 Å². The van der Waals surface area contributed by atoms with Crippen LogP contribution in [0.4, 0.5) is 0 Å². The highest BCUT2D eigenvalue weighted by molar-refractivity contribution is 7.18. The molecule has 0 saturated carbocycles. The van der Waals surface area contributed by atoms with Gasteiger partial charge >= 0.3 is 0 Å². The standard InChI is InChI=1S/C20H16N6S/c1-4-6-15(21-2)16-11-13-8-10-26(3)18(13)17(23-16)20-25-24-19(27-20)14-7-5-9-22-12-14/h4-12H,1-2H2,3H3/b15-6-. The van der Waals surface area contributed by atoms with Crippen molar-refractivity contribution in [3.63, 3.8) is 0 Å². The van der Waals surface area contributed by atoms with E-state index in [1.165, 1.54) is 11.3 Å². The van der Waals surface area contributed by atoms with Crippen molar-refractivity contribution in [3.05, 3.63) is 67.3 Å². The predicted molar refractivity (Wildman–Crippen MR) is 111 cm³/mol. The average molecular weight is 372 g/mol. The van der Waals surface area contributed by atoms with Gasteiger partial charge in [0.05, 0.1) is 16.9 Å². The van der Waals surface area contributed by atoms with Crippen LogP contribution in [-0.4, -0.2) is 31.4 Å². The molecule has 0 spiro atoms. The van der Waals surface area contributed by atoms with E-state index in [-0.39, 0.29) is 0 Å². The first-order chi connectivity index (χ1) is 13.2. The van der Waals surface area contributed by atoms with Crippen molar-refractivity contribution < 1.29 is 0 Å². The summed E-state index contributed by atoms with van der Waals surface area (Å²) in [5.74, 6) is 0. The first kappa shape index (κ1) is 17.0. The quantitative estimate of drug-likeness (QED) is 0.385. The number of fused-ring (bicyclic) bond motifs is 1. The Kier molecular flexibility index (Phi) is 4.43. The van der Waals surface area contributed by atoms with E-state index in [0.29, 0.717) is 5.70 Å². The molecule has 6 nitrogen and oxygen atoms in total. The first-order valence-electron chi connectivity index (χ1n) is 8.21. The number of nitrogens with zero attached hydrogens (tertiary/aromatic N) is 6. The maximum Gasteiger partial charge on any atom is 0.168 e. The fourth-order valence-electron chi connectivity index (χ4n) is 2.86. The molecule has 0 amide bonds. The second-order valence-electron chi connectivity index (χ2n) is 5.82. The van der Waals surface area contributed by atoms with Crippen molar-refractivity contribution in [1.82, 2.24) is 24.7 Å². The van der Waals surface area contributed by atoms with Crippen LogP contribution in [0.1, 0.15) is 5.69 Å². The Hall–Kier alpha value is -3.45. The lowest BCUT2D eigenvalue weighted by Crippen LogP contribution is -1.96. The smallest absolute Gasteiger partial charge is 0.168 e. The third kappa shape index (κ3) is 3.09. The summed E-state index contributed by atoms with van der Waals surface area (Å²) in [7, 11) is 1.99. The van der Waals surface area contributed by atoms with Gasteiger partial charge in [-0.3, -0.25) is 9.98 Å². The minimum Gasteiger partial charge on any atom is -0.349 e. The van der Waals surface area contributed by atoms with Crippen molar-refractivity contribution in [1.29, 1.82) is 0 Å². The molecule has 0 aliphatic rings. The highest BCUT2D eigenvalue weighted by atomic mass is 32.1. The number of hydrogen-bond donors (Lipinski definition) is 0. The fourth-order valence-corrected chi connectivity index (χ4v) is 3.68. The molecule has 0 fully saturated rings. The molecule has 0 saturated heterocycles. The summed E-state index contributed by atoms with van der Waals surface area (Å²) in [6.07, 6.45) is 8.97. The summed E-state index contributed by atoms with van der Waals surface area (Å²) in [5, 5.41) is 11.3. The average Bonchev–Trinajstić information content (AvgIpc) is 3.34. The van der Waals surface area contributed by atoms with Crippen LogP contribution in [0.2, 0.25) is 0 Å². The van der Waals surface area contributed by atoms with E-state index in [2.05, 4.69) is 33.5 Å². The van der Waals surface area contributed by atoms with Gasteiger partial charge in [-0.25, -0.2) is 4.98 Å².